The SMILES string of the molecule is CC1(C(=O)NC2CCC(C(=O)O)CC2)CCCCCC1. The van der Waals surface area contributed by atoms with Gasteiger partial charge >= 0.3 is 5.97 Å². The van der Waals surface area contributed by atoms with Crippen molar-refractivity contribution in [1.29, 1.82) is 0 Å². The maximum atomic E-state index is 12.5. The molecular weight excluding hydrogens is 254 g/mol. The van der Waals surface area contributed by atoms with E-state index >= 15 is 0 Å². The van der Waals surface area contributed by atoms with Crippen molar-refractivity contribution in [2.75, 3.05) is 0 Å². The molecule has 0 aliphatic heterocycles. The standard InChI is InChI=1S/C16H27NO3/c1-16(10-4-2-3-5-11-16)15(20)17-13-8-6-12(7-9-13)14(18)19/h12-13H,2-11H2,1H3,(H,17,20)(H,18,19). The van der Waals surface area contributed by atoms with Gasteiger partial charge in [0.05, 0.1) is 5.92 Å². The molecule has 0 aromatic carbocycles. The van der Waals surface area contributed by atoms with Crippen LogP contribution in [0.15, 0.2) is 0 Å². The lowest BCUT2D eigenvalue weighted by Crippen LogP contribution is -2.45. The highest BCUT2D eigenvalue weighted by Crippen LogP contribution is 2.35. The summed E-state index contributed by atoms with van der Waals surface area (Å²) >= 11 is 0. The van der Waals surface area contributed by atoms with Gasteiger partial charge in [0.1, 0.15) is 0 Å². The Kier molecular flexibility index (Phi) is 5.06. The lowest BCUT2D eigenvalue weighted by atomic mass is 9.80. The van der Waals surface area contributed by atoms with Crippen molar-refractivity contribution < 1.29 is 14.7 Å². The predicted molar refractivity (Wildman–Crippen MR) is 77.3 cm³/mol. The van der Waals surface area contributed by atoms with E-state index in [4.69, 9.17) is 5.11 Å². The zero-order chi connectivity index (χ0) is 14.6. The van der Waals surface area contributed by atoms with Gasteiger partial charge in [-0.05, 0) is 38.5 Å². The van der Waals surface area contributed by atoms with Crippen molar-refractivity contribution in [2.24, 2.45) is 11.3 Å². The van der Waals surface area contributed by atoms with Crippen LogP contribution in [0.2, 0.25) is 0 Å². The fourth-order valence-corrected chi connectivity index (χ4v) is 3.58. The smallest absolute Gasteiger partial charge is 0.306 e. The second-order valence-corrected chi connectivity index (χ2v) is 6.84. The van der Waals surface area contributed by atoms with Crippen molar-refractivity contribution >= 4 is 11.9 Å². The van der Waals surface area contributed by atoms with Gasteiger partial charge < -0.3 is 10.4 Å². The molecule has 0 aromatic rings. The minimum Gasteiger partial charge on any atom is -0.481 e. The van der Waals surface area contributed by atoms with Crippen LogP contribution in [-0.4, -0.2) is 23.0 Å². The van der Waals surface area contributed by atoms with Gasteiger partial charge in [0, 0.05) is 11.5 Å². The highest BCUT2D eigenvalue weighted by Gasteiger charge is 2.35. The molecule has 0 radical (unpaired) electrons. The molecule has 2 N–H and O–H groups in total. The molecule has 4 nitrogen and oxygen atoms in total. The first kappa shape index (κ1) is 15.3. The summed E-state index contributed by atoms with van der Waals surface area (Å²) in [6.45, 7) is 2.09. The number of carbonyl (C=O) groups is 2. The largest absolute Gasteiger partial charge is 0.481 e. The topological polar surface area (TPSA) is 66.4 Å². The van der Waals surface area contributed by atoms with E-state index in [1.165, 1.54) is 12.8 Å². The molecule has 0 spiro atoms. The Hall–Kier alpha value is -1.06. The number of hydrogen-bond acceptors (Lipinski definition) is 2. The number of carboxylic acids is 1. The monoisotopic (exact) mass is 281 g/mol. The minimum atomic E-state index is -0.689. The average Bonchev–Trinajstić information content (AvgIpc) is 2.65. The van der Waals surface area contributed by atoms with Crippen LogP contribution < -0.4 is 5.32 Å². The Bertz CT molecular complexity index is 351. The second kappa shape index (κ2) is 6.59. The summed E-state index contributed by atoms with van der Waals surface area (Å²) in [7, 11) is 0. The molecule has 2 saturated carbocycles. The first-order valence-electron chi connectivity index (χ1n) is 8.05. The van der Waals surface area contributed by atoms with Gasteiger partial charge in [-0.25, -0.2) is 0 Å². The van der Waals surface area contributed by atoms with E-state index in [-0.39, 0.29) is 23.3 Å². The molecule has 20 heavy (non-hydrogen) atoms. The van der Waals surface area contributed by atoms with Gasteiger partial charge in [-0.1, -0.05) is 32.6 Å². The van der Waals surface area contributed by atoms with Gasteiger partial charge in [-0.2, -0.15) is 0 Å². The Morgan fingerprint density at radius 2 is 1.55 bits per heavy atom. The number of rotatable bonds is 3. The number of amides is 1. The van der Waals surface area contributed by atoms with E-state index < -0.39 is 5.97 Å². The lowest BCUT2D eigenvalue weighted by Gasteiger charge is -2.32. The van der Waals surface area contributed by atoms with E-state index in [9.17, 15) is 9.59 Å². The Morgan fingerprint density at radius 3 is 2.05 bits per heavy atom. The van der Waals surface area contributed by atoms with Crippen LogP contribution in [0.25, 0.3) is 0 Å². The molecular formula is C16H27NO3. The van der Waals surface area contributed by atoms with Crippen molar-refractivity contribution in [3.8, 4) is 0 Å². The number of carboxylic acid groups (broad SMARTS) is 1. The molecule has 0 saturated heterocycles. The molecule has 2 fully saturated rings. The van der Waals surface area contributed by atoms with Crippen molar-refractivity contribution in [1.82, 2.24) is 5.32 Å². The number of nitrogens with one attached hydrogen (secondary N) is 1. The van der Waals surface area contributed by atoms with Gasteiger partial charge in [-0.3, -0.25) is 9.59 Å². The summed E-state index contributed by atoms with van der Waals surface area (Å²) in [6, 6.07) is 0.179. The Morgan fingerprint density at radius 1 is 1.00 bits per heavy atom. The van der Waals surface area contributed by atoms with Gasteiger partial charge in [-0.15, -0.1) is 0 Å². The van der Waals surface area contributed by atoms with Crippen molar-refractivity contribution in [3.05, 3.63) is 0 Å². The summed E-state index contributed by atoms with van der Waals surface area (Å²) in [5.41, 5.74) is -0.208. The first-order valence-corrected chi connectivity index (χ1v) is 8.05. The molecule has 0 heterocycles. The molecule has 2 rings (SSSR count). The average molecular weight is 281 g/mol. The number of aliphatic carboxylic acids is 1. The van der Waals surface area contributed by atoms with Gasteiger partial charge in [0.2, 0.25) is 5.91 Å². The highest BCUT2D eigenvalue weighted by molar-refractivity contribution is 5.82. The third-order valence-corrected chi connectivity index (χ3v) is 5.17. The maximum absolute atomic E-state index is 12.5. The highest BCUT2D eigenvalue weighted by atomic mass is 16.4. The molecule has 2 aliphatic carbocycles. The van der Waals surface area contributed by atoms with Gasteiger partial charge in [0.25, 0.3) is 0 Å². The van der Waals surface area contributed by atoms with Crippen LogP contribution in [0.1, 0.15) is 71.1 Å². The molecule has 4 heteroatoms. The van der Waals surface area contributed by atoms with Crippen LogP contribution in [0.3, 0.4) is 0 Å². The van der Waals surface area contributed by atoms with Crippen LogP contribution in [0, 0.1) is 11.3 Å². The summed E-state index contributed by atoms with van der Waals surface area (Å²) in [5, 5.41) is 12.2. The summed E-state index contributed by atoms with van der Waals surface area (Å²) in [4.78, 5) is 23.5. The number of carbonyl (C=O) groups excluding carboxylic acids is 1. The minimum absolute atomic E-state index is 0.179. The summed E-state index contributed by atoms with van der Waals surface area (Å²) in [5.74, 6) is -0.708. The Balaban J connectivity index is 1.84. The maximum Gasteiger partial charge on any atom is 0.306 e. The zero-order valence-corrected chi connectivity index (χ0v) is 12.5. The third kappa shape index (κ3) is 3.74. The molecule has 0 aromatic heterocycles. The fourth-order valence-electron chi connectivity index (χ4n) is 3.58. The first-order chi connectivity index (χ1) is 9.51. The van der Waals surface area contributed by atoms with Crippen molar-refractivity contribution in [3.63, 3.8) is 0 Å². The predicted octanol–water partition coefficient (Wildman–Crippen LogP) is 3.11. The molecule has 114 valence electrons. The quantitative estimate of drug-likeness (QED) is 0.781. The van der Waals surface area contributed by atoms with E-state index in [0.29, 0.717) is 12.8 Å². The van der Waals surface area contributed by atoms with Crippen LogP contribution in [0.5, 0.6) is 0 Å². The van der Waals surface area contributed by atoms with E-state index in [1.54, 1.807) is 0 Å². The van der Waals surface area contributed by atoms with E-state index in [2.05, 4.69) is 12.2 Å². The van der Waals surface area contributed by atoms with Crippen LogP contribution in [-0.2, 0) is 9.59 Å². The third-order valence-electron chi connectivity index (χ3n) is 5.17. The molecule has 0 atom stereocenters. The summed E-state index contributed by atoms with van der Waals surface area (Å²) in [6.07, 6.45) is 9.75. The fraction of sp³-hybridized carbons (Fsp3) is 0.875. The lowest BCUT2D eigenvalue weighted by molar-refractivity contribution is -0.142. The zero-order valence-electron chi connectivity index (χ0n) is 12.5. The second-order valence-electron chi connectivity index (χ2n) is 6.84. The molecule has 0 unspecified atom stereocenters. The molecule has 0 bridgehead atoms. The van der Waals surface area contributed by atoms with Gasteiger partial charge in [0.15, 0.2) is 0 Å². The number of hydrogen-bond donors (Lipinski definition) is 2. The Labute approximate surface area is 121 Å². The van der Waals surface area contributed by atoms with Crippen molar-refractivity contribution in [2.45, 2.75) is 77.2 Å². The van der Waals surface area contributed by atoms with E-state index in [1.807, 2.05) is 0 Å². The van der Waals surface area contributed by atoms with Crippen LogP contribution in [0.4, 0.5) is 0 Å². The molecule has 2 aliphatic rings. The van der Waals surface area contributed by atoms with E-state index in [0.717, 1.165) is 38.5 Å². The molecule has 1 amide bonds. The normalized spacial score (nSPS) is 30.2. The summed E-state index contributed by atoms with van der Waals surface area (Å²) < 4.78 is 0. The van der Waals surface area contributed by atoms with Crippen LogP contribution >= 0.6 is 0 Å².